The molecule has 200 valence electrons. The molecule has 0 spiro atoms. The summed E-state index contributed by atoms with van der Waals surface area (Å²) in [7, 11) is 0. The van der Waals surface area contributed by atoms with E-state index in [0.717, 1.165) is 57.3 Å². The fourth-order valence-corrected chi connectivity index (χ4v) is 5.92. The first kappa shape index (κ1) is 27.2. The van der Waals surface area contributed by atoms with Gasteiger partial charge in [0.05, 0.1) is 5.60 Å². The Morgan fingerprint density at radius 2 is 1.65 bits per heavy atom. The third-order valence-electron chi connectivity index (χ3n) is 7.82. The number of carbonyl (C=O) groups excluding carboxylic acids is 1. The fraction of sp³-hybridized carbons (Fsp3) is 0.548. The van der Waals surface area contributed by atoms with Gasteiger partial charge in [0.1, 0.15) is 0 Å². The van der Waals surface area contributed by atoms with Gasteiger partial charge in [-0.25, -0.2) is 9.59 Å². The summed E-state index contributed by atoms with van der Waals surface area (Å²) in [6.45, 7) is 12.9. The topological polar surface area (TPSA) is 78.9 Å². The largest absolute Gasteiger partial charge is 0.479 e. The molecule has 0 radical (unpaired) electrons. The Balaban J connectivity index is 1.79. The molecule has 1 saturated carbocycles. The summed E-state index contributed by atoms with van der Waals surface area (Å²) in [5.41, 5.74) is 7.37. The zero-order chi connectivity index (χ0) is 26.9. The number of rotatable bonds is 5. The number of carboxylic acids is 1. The van der Waals surface area contributed by atoms with Crippen molar-refractivity contribution >= 4 is 12.0 Å². The molecule has 2 aromatic carbocycles. The van der Waals surface area contributed by atoms with E-state index in [4.69, 9.17) is 4.74 Å². The third kappa shape index (κ3) is 6.01. The smallest absolute Gasteiger partial charge is 0.337 e. The van der Waals surface area contributed by atoms with Crippen molar-refractivity contribution in [3.05, 3.63) is 57.6 Å². The van der Waals surface area contributed by atoms with Crippen LogP contribution >= 0.6 is 0 Å². The summed E-state index contributed by atoms with van der Waals surface area (Å²) < 4.78 is 6.17. The summed E-state index contributed by atoms with van der Waals surface area (Å²) >= 11 is 0. The Bertz CT molecular complexity index is 1160. The molecule has 2 aromatic rings. The van der Waals surface area contributed by atoms with Crippen LogP contribution in [0.3, 0.4) is 0 Å². The molecule has 6 nitrogen and oxygen atoms in total. The summed E-state index contributed by atoms with van der Waals surface area (Å²) in [6.07, 6.45) is 5.32. The van der Waals surface area contributed by atoms with Gasteiger partial charge in [-0.15, -0.1) is 0 Å². The van der Waals surface area contributed by atoms with Gasteiger partial charge in [0.2, 0.25) is 0 Å². The monoisotopic (exact) mass is 506 g/mol. The maximum Gasteiger partial charge on any atom is 0.337 e. The van der Waals surface area contributed by atoms with Gasteiger partial charge >= 0.3 is 12.0 Å². The summed E-state index contributed by atoms with van der Waals surface area (Å²) in [5.74, 6) is -0.991. The number of carboxylic acid groups (broad SMARTS) is 1. The van der Waals surface area contributed by atoms with E-state index in [1.54, 1.807) is 0 Å². The molecule has 37 heavy (non-hydrogen) atoms. The molecule has 0 unspecified atom stereocenters. The van der Waals surface area contributed by atoms with Crippen LogP contribution in [-0.4, -0.2) is 40.2 Å². The van der Waals surface area contributed by atoms with Gasteiger partial charge in [-0.1, -0.05) is 49.1 Å². The molecule has 1 atom stereocenters. The number of urea groups is 1. The second-order valence-corrected chi connectivity index (χ2v) is 11.8. The highest BCUT2D eigenvalue weighted by Crippen LogP contribution is 2.42. The molecule has 0 saturated heterocycles. The van der Waals surface area contributed by atoms with Crippen molar-refractivity contribution < 1.29 is 19.4 Å². The van der Waals surface area contributed by atoms with Crippen LogP contribution in [-0.2, 0) is 22.5 Å². The number of nitrogens with one attached hydrogen (secondary N) is 1. The zero-order valence-electron chi connectivity index (χ0n) is 23.2. The molecule has 1 aliphatic heterocycles. The fourth-order valence-electron chi connectivity index (χ4n) is 5.92. The number of hydrogen-bond donors (Lipinski definition) is 2. The summed E-state index contributed by atoms with van der Waals surface area (Å²) in [6, 6.07) is 8.49. The Kier molecular flexibility index (Phi) is 7.98. The number of amides is 2. The average molecular weight is 507 g/mol. The van der Waals surface area contributed by atoms with Gasteiger partial charge in [0.25, 0.3) is 0 Å². The number of aryl methyl sites for hydroxylation is 1. The highest BCUT2D eigenvalue weighted by atomic mass is 16.5. The van der Waals surface area contributed by atoms with Crippen molar-refractivity contribution in [1.82, 2.24) is 10.2 Å². The maximum absolute atomic E-state index is 13.2. The van der Waals surface area contributed by atoms with Crippen molar-refractivity contribution in [1.29, 1.82) is 0 Å². The zero-order valence-corrected chi connectivity index (χ0v) is 23.2. The van der Waals surface area contributed by atoms with Gasteiger partial charge in [0.15, 0.2) is 6.10 Å². The molecule has 6 heteroatoms. The highest BCUT2D eigenvalue weighted by molar-refractivity contribution is 5.84. The highest BCUT2D eigenvalue weighted by Gasteiger charge is 2.35. The normalized spacial score (nSPS) is 17.3. The minimum absolute atomic E-state index is 0.00930. The van der Waals surface area contributed by atoms with E-state index in [1.165, 1.54) is 19.3 Å². The lowest BCUT2D eigenvalue weighted by Crippen LogP contribution is -2.47. The first-order valence-corrected chi connectivity index (χ1v) is 13.6. The van der Waals surface area contributed by atoms with E-state index >= 15 is 0 Å². The molecule has 2 amide bonds. The second-order valence-electron chi connectivity index (χ2n) is 11.8. The van der Waals surface area contributed by atoms with Crippen LogP contribution < -0.4 is 5.32 Å². The number of benzene rings is 2. The Morgan fingerprint density at radius 3 is 2.24 bits per heavy atom. The Hall–Kier alpha value is -2.86. The van der Waals surface area contributed by atoms with Crippen LogP contribution in [0.15, 0.2) is 24.3 Å². The quantitative estimate of drug-likeness (QED) is 0.478. The third-order valence-corrected chi connectivity index (χ3v) is 7.82. The van der Waals surface area contributed by atoms with E-state index in [0.29, 0.717) is 19.5 Å². The molecule has 2 aliphatic rings. The predicted molar refractivity (Wildman–Crippen MR) is 147 cm³/mol. The van der Waals surface area contributed by atoms with Gasteiger partial charge < -0.3 is 20.1 Å². The molecular weight excluding hydrogens is 464 g/mol. The van der Waals surface area contributed by atoms with Crippen molar-refractivity contribution in [2.75, 3.05) is 6.54 Å². The summed E-state index contributed by atoms with van der Waals surface area (Å²) in [4.78, 5) is 27.7. The number of aliphatic carboxylic acids is 1. The Morgan fingerprint density at radius 1 is 1.00 bits per heavy atom. The summed E-state index contributed by atoms with van der Waals surface area (Å²) in [5, 5.41) is 13.6. The van der Waals surface area contributed by atoms with Gasteiger partial charge in [-0.2, -0.15) is 0 Å². The minimum atomic E-state index is -1.09. The number of fused-ring (bicyclic) bond motifs is 1. The number of nitrogens with zero attached hydrogens (tertiary/aromatic N) is 1. The number of ether oxygens (including phenoxy) is 1. The van der Waals surface area contributed by atoms with Crippen LogP contribution in [0.5, 0.6) is 0 Å². The van der Waals surface area contributed by atoms with E-state index in [1.807, 2.05) is 39.5 Å². The minimum Gasteiger partial charge on any atom is -0.479 e. The van der Waals surface area contributed by atoms with Crippen molar-refractivity contribution in [2.45, 2.75) is 104 Å². The second kappa shape index (κ2) is 10.9. The lowest BCUT2D eigenvalue weighted by Gasteiger charge is -2.36. The van der Waals surface area contributed by atoms with Crippen LogP contribution in [0.25, 0.3) is 11.1 Å². The SMILES string of the molecule is Cc1ccc(-c2c(C)c3c(c(C)c2[C@H](OC(C)(C)C)C(=O)O)CCN(C(=O)NC2CCCCC2)C3)cc1. The molecule has 1 aliphatic carbocycles. The van der Waals surface area contributed by atoms with E-state index in [2.05, 4.69) is 36.5 Å². The number of hydrogen-bond acceptors (Lipinski definition) is 3. The van der Waals surface area contributed by atoms with Crippen molar-refractivity contribution in [3.8, 4) is 11.1 Å². The Labute approximate surface area is 221 Å². The van der Waals surface area contributed by atoms with E-state index < -0.39 is 17.7 Å². The van der Waals surface area contributed by atoms with Crippen LogP contribution in [0, 0.1) is 20.8 Å². The van der Waals surface area contributed by atoms with Crippen molar-refractivity contribution in [3.63, 3.8) is 0 Å². The predicted octanol–water partition coefficient (Wildman–Crippen LogP) is 6.62. The molecule has 0 aromatic heterocycles. The van der Waals surface area contributed by atoms with E-state index in [9.17, 15) is 14.7 Å². The molecule has 1 heterocycles. The van der Waals surface area contributed by atoms with Crippen LogP contribution in [0.2, 0.25) is 0 Å². The standard InChI is InChI=1S/C31H42N2O4/c1-19-12-14-22(15-13-19)26-21(3)25-18-33(30(36)32-23-10-8-7-9-11-23)17-16-24(25)20(2)27(26)28(29(34)35)37-31(4,5)6/h12-15,23,28H,7-11,16-18H2,1-6H3,(H,32,36)(H,34,35)/t28-/m0/s1. The molecule has 1 fully saturated rings. The van der Waals surface area contributed by atoms with E-state index in [-0.39, 0.29) is 12.1 Å². The molecule has 2 N–H and O–H groups in total. The lowest BCUT2D eigenvalue weighted by atomic mass is 9.80. The molecule has 4 rings (SSSR count). The van der Waals surface area contributed by atoms with Gasteiger partial charge in [0, 0.05) is 24.7 Å². The van der Waals surface area contributed by atoms with Crippen LogP contribution in [0.1, 0.15) is 92.4 Å². The first-order valence-electron chi connectivity index (χ1n) is 13.6. The first-order chi connectivity index (χ1) is 17.5. The molecule has 0 bridgehead atoms. The molecular formula is C31H42N2O4. The van der Waals surface area contributed by atoms with Crippen molar-refractivity contribution in [2.24, 2.45) is 0 Å². The average Bonchev–Trinajstić information content (AvgIpc) is 2.85. The number of carbonyl (C=O) groups is 2. The maximum atomic E-state index is 13.2. The van der Waals surface area contributed by atoms with Crippen LogP contribution in [0.4, 0.5) is 4.79 Å². The lowest BCUT2D eigenvalue weighted by molar-refractivity contribution is -0.160. The van der Waals surface area contributed by atoms with Gasteiger partial charge in [-0.3, -0.25) is 0 Å². The van der Waals surface area contributed by atoms with Gasteiger partial charge in [-0.05, 0) is 94.2 Å².